The van der Waals surface area contributed by atoms with Gasteiger partial charge in [-0.25, -0.2) is 0 Å². The van der Waals surface area contributed by atoms with E-state index in [0.29, 0.717) is 17.9 Å². The molecule has 2 amide bonds. The number of hydrogen-bond donors (Lipinski definition) is 1. The van der Waals surface area contributed by atoms with Crippen molar-refractivity contribution >= 4 is 17.5 Å². The van der Waals surface area contributed by atoms with Gasteiger partial charge in [0, 0.05) is 13.5 Å². The quantitative estimate of drug-likeness (QED) is 0.902. The van der Waals surface area contributed by atoms with Crippen LogP contribution in [0.25, 0.3) is 0 Å². The number of likely N-dealkylation sites (N-methyl/N-ethyl adjacent to an activating group) is 1. The van der Waals surface area contributed by atoms with Crippen molar-refractivity contribution in [2.24, 2.45) is 0 Å². The number of ether oxygens (including phenoxy) is 2. The first-order valence-electron chi connectivity index (χ1n) is 8.20. The van der Waals surface area contributed by atoms with Crippen molar-refractivity contribution in [3.8, 4) is 11.5 Å². The Balaban J connectivity index is 1.62. The summed E-state index contributed by atoms with van der Waals surface area (Å²) in [6.45, 7) is 0.158. The van der Waals surface area contributed by atoms with Gasteiger partial charge in [-0.2, -0.15) is 0 Å². The van der Waals surface area contributed by atoms with Crippen LogP contribution >= 0.6 is 0 Å². The number of amides is 2. The topological polar surface area (TPSA) is 67.9 Å². The van der Waals surface area contributed by atoms with Crippen molar-refractivity contribution in [3.05, 3.63) is 54.1 Å². The molecule has 0 fully saturated rings. The predicted octanol–water partition coefficient (Wildman–Crippen LogP) is 1.53. The highest BCUT2D eigenvalue weighted by Crippen LogP contribution is 2.36. The number of nitrogens with one attached hydrogen (secondary N) is 1. The molecule has 0 aromatic heterocycles. The van der Waals surface area contributed by atoms with Gasteiger partial charge < -0.3 is 19.7 Å². The first kappa shape index (κ1) is 15.5. The van der Waals surface area contributed by atoms with Crippen LogP contribution in [0.15, 0.2) is 48.5 Å². The number of fused-ring (bicyclic) bond motifs is 2. The monoisotopic (exact) mass is 338 g/mol. The molecule has 2 atom stereocenters. The van der Waals surface area contributed by atoms with Crippen molar-refractivity contribution in [2.75, 3.05) is 18.5 Å². The summed E-state index contributed by atoms with van der Waals surface area (Å²) < 4.78 is 11.6. The zero-order chi connectivity index (χ0) is 17.4. The Hall–Kier alpha value is -3.02. The Morgan fingerprint density at radius 3 is 2.44 bits per heavy atom. The lowest BCUT2D eigenvalue weighted by atomic mass is 10.1. The highest BCUT2D eigenvalue weighted by Gasteiger charge is 2.39. The first-order valence-corrected chi connectivity index (χ1v) is 8.20. The number of nitrogens with zero attached hydrogens (tertiary/aromatic N) is 1. The van der Waals surface area contributed by atoms with Crippen molar-refractivity contribution < 1.29 is 19.1 Å². The van der Waals surface area contributed by atoms with Crippen LogP contribution in [0.1, 0.15) is 5.56 Å². The number of carbonyl (C=O) groups is 2. The predicted molar refractivity (Wildman–Crippen MR) is 91.8 cm³/mol. The van der Waals surface area contributed by atoms with Gasteiger partial charge in [-0.3, -0.25) is 9.59 Å². The van der Waals surface area contributed by atoms with Crippen LogP contribution in [-0.4, -0.2) is 37.6 Å². The molecule has 2 aliphatic heterocycles. The Labute approximate surface area is 145 Å². The smallest absolute Gasteiger partial charge is 0.268 e. The maximum Gasteiger partial charge on any atom is 0.268 e. The largest absolute Gasteiger partial charge is 0.480 e. The van der Waals surface area contributed by atoms with Gasteiger partial charge in [0.1, 0.15) is 11.5 Å². The molecule has 2 aromatic rings. The Morgan fingerprint density at radius 1 is 1.00 bits per heavy atom. The highest BCUT2D eigenvalue weighted by atomic mass is 16.5. The minimum Gasteiger partial charge on any atom is -0.480 e. The zero-order valence-electron chi connectivity index (χ0n) is 13.8. The molecule has 2 aliphatic rings. The number of para-hydroxylation sites is 3. The molecule has 0 bridgehead atoms. The van der Waals surface area contributed by atoms with Crippen LogP contribution in [0.5, 0.6) is 11.5 Å². The van der Waals surface area contributed by atoms with Gasteiger partial charge in [-0.15, -0.1) is 0 Å². The number of anilines is 1. The molecule has 25 heavy (non-hydrogen) atoms. The molecule has 1 N–H and O–H groups in total. The van der Waals surface area contributed by atoms with E-state index in [-0.39, 0.29) is 18.4 Å². The summed E-state index contributed by atoms with van der Waals surface area (Å²) in [6, 6.07) is 14.9. The molecule has 0 saturated carbocycles. The normalized spacial score (nSPS) is 20.8. The van der Waals surface area contributed by atoms with Crippen LogP contribution in [0, 0.1) is 0 Å². The van der Waals surface area contributed by atoms with E-state index in [1.165, 1.54) is 0 Å². The third kappa shape index (κ3) is 2.69. The van der Waals surface area contributed by atoms with Crippen LogP contribution in [-0.2, 0) is 16.0 Å². The average Bonchev–Trinajstić information content (AvgIpc) is 3.10. The van der Waals surface area contributed by atoms with Crippen LogP contribution in [0.3, 0.4) is 0 Å². The molecule has 0 spiro atoms. The molecular weight excluding hydrogens is 320 g/mol. The van der Waals surface area contributed by atoms with Gasteiger partial charge in [0.2, 0.25) is 0 Å². The summed E-state index contributed by atoms with van der Waals surface area (Å²) in [5, 5.41) is 2.58. The van der Waals surface area contributed by atoms with Gasteiger partial charge >= 0.3 is 0 Å². The fourth-order valence-electron chi connectivity index (χ4n) is 3.23. The number of carbonyl (C=O) groups excluding carboxylic acids is 2. The third-order valence-electron chi connectivity index (χ3n) is 4.50. The standard InChI is InChI=1S/C19H18N2O4/c1-20-18(22)17-11-21(13-7-3-5-9-15(13)25-17)19(23)16-10-12-6-2-4-8-14(12)24-16/h2-9,16-17H,10-11H2,1H3,(H,20,22). The second-order valence-electron chi connectivity index (χ2n) is 6.06. The Kier molecular flexibility index (Phi) is 3.80. The molecule has 0 radical (unpaired) electrons. The van der Waals surface area contributed by atoms with Crippen molar-refractivity contribution in [1.29, 1.82) is 0 Å². The van der Waals surface area contributed by atoms with E-state index in [0.717, 1.165) is 11.3 Å². The van der Waals surface area contributed by atoms with E-state index >= 15 is 0 Å². The Bertz CT molecular complexity index is 811. The van der Waals surface area contributed by atoms with Crippen LogP contribution in [0.4, 0.5) is 5.69 Å². The van der Waals surface area contributed by atoms with E-state index in [4.69, 9.17) is 9.47 Å². The van der Waals surface area contributed by atoms with Gasteiger partial charge in [-0.05, 0) is 23.8 Å². The summed E-state index contributed by atoms with van der Waals surface area (Å²) in [5.74, 6) is 0.834. The Morgan fingerprint density at radius 2 is 1.68 bits per heavy atom. The van der Waals surface area contributed by atoms with Crippen LogP contribution in [0.2, 0.25) is 0 Å². The molecular formula is C19H18N2O4. The lowest BCUT2D eigenvalue weighted by Crippen LogP contribution is -2.53. The lowest BCUT2D eigenvalue weighted by Gasteiger charge is -2.35. The van der Waals surface area contributed by atoms with Crippen LogP contribution < -0.4 is 19.7 Å². The molecule has 0 saturated heterocycles. The second-order valence-corrected chi connectivity index (χ2v) is 6.06. The van der Waals surface area contributed by atoms with Gasteiger partial charge in [-0.1, -0.05) is 30.3 Å². The minimum absolute atomic E-state index is 0.158. The zero-order valence-corrected chi connectivity index (χ0v) is 13.8. The van der Waals surface area contributed by atoms with E-state index in [2.05, 4.69) is 5.32 Å². The van der Waals surface area contributed by atoms with Crippen molar-refractivity contribution in [3.63, 3.8) is 0 Å². The molecule has 2 unspecified atom stereocenters. The first-order chi connectivity index (χ1) is 12.2. The highest BCUT2D eigenvalue weighted by molar-refractivity contribution is 6.00. The molecule has 2 heterocycles. The fourth-order valence-corrected chi connectivity index (χ4v) is 3.23. The summed E-state index contributed by atoms with van der Waals surface area (Å²) in [6.07, 6.45) is -0.805. The number of hydrogen-bond acceptors (Lipinski definition) is 4. The van der Waals surface area contributed by atoms with Crippen molar-refractivity contribution in [2.45, 2.75) is 18.6 Å². The number of rotatable bonds is 2. The van der Waals surface area contributed by atoms with E-state index in [1.54, 1.807) is 18.0 Å². The summed E-state index contributed by atoms with van der Waals surface area (Å²) in [5.41, 5.74) is 1.68. The molecule has 4 rings (SSSR count). The average molecular weight is 338 g/mol. The second kappa shape index (κ2) is 6.12. The van der Waals surface area contributed by atoms with E-state index in [1.807, 2.05) is 42.5 Å². The minimum atomic E-state index is -0.743. The summed E-state index contributed by atoms with van der Waals surface area (Å²) in [7, 11) is 1.55. The lowest BCUT2D eigenvalue weighted by molar-refractivity contribution is -0.129. The molecule has 128 valence electrons. The molecule has 6 nitrogen and oxygen atoms in total. The van der Waals surface area contributed by atoms with E-state index in [9.17, 15) is 9.59 Å². The summed E-state index contributed by atoms with van der Waals surface area (Å²) >= 11 is 0. The van der Waals surface area contributed by atoms with Crippen molar-refractivity contribution in [1.82, 2.24) is 5.32 Å². The maximum atomic E-state index is 13.1. The van der Waals surface area contributed by atoms with Gasteiger partial charge in [0.25, 0.3) is 11.8 Å². The molecule has 6 heteroatoms. The number of benzene rings is 2. The fraction of sp³-hybridized carbons (Fsp3) is 0.263. The summed E-state index contributed by atoms with van der Waals surface area (Å²) in [4.78, 5) is 26.7. The van der Waals surface area contributed by atoms with E-state index < -0.39 is 12.2 Å². The maximum absolute atomic E-state index is 13.1. The van der Waals surface area contributed by atoms with Gasteiger partial charge in [0.05, 0.1) is 12.2 Å². The molecule has 0 aliphatic carbocycles. The molecule has 2 aromatic carbocycles. The van der Waals surface area contributed by atoms with Gasteiger partial charge in [0.15, 0.2) is 12.2 Å². The third-order valence-corrected chi connectivity index (χ3v) is 4.50. The SMILES string of the molecule is CNC(=O)C1CN(C(=O)C2Cc3ccccc3O2)c2ccccc2O1.